The minimum Gasteiger partial charge on any atom is -0.391 e. The van der Waals surface area contributed by atoms with Gasteiger partial charge in [-0.15, -0.1) is 0 Å². The molecule has 0 amide bonds. The molecule has 0 fully saturated rings. The lowest BCUT2D eigenvalue weighted by Gasteiger charge is -2.28. The normalized spacial score (nSPS) is 15.1. The standard InChI is InChI=1S/C13H27N/c1-10(9-12(2,3)4)11(14-8)13(5,6)7/h14H,9H2,1-8H3/b11-10-. The van der Waals surface area contributed by atoms with Crippen LogP contribution >= 0.6 is 0 Å². The maximum absolute atomic E-state index is 3.34. The molecule has 0 spiro atoms. The molecule has 1 heteroatoms. The number of hydrogen-bond acceptors (Lipinski definition) is 1. The molecule has 1 N–H and O–H groups in total. The predicted octanol–water partition coefficient (Wildman–Crippen LogP) is 3.96. The van der Waals surface area contributed by atoms with Crippen LogP contribution in [-0.4, -0.2) is 7.05 Å². The third-order valence-corrected chi connectivity index (χ3v) is 2.22. The summed E-state index contributed by atoms with van der Waals surface area (Å²) in [5.41, 5.74) is 3.46. The molecule has 0 radical (unpaired) electrons. The predicted molar refractivity (Wildman–Crippen MR) is 65.3 cm³/mol. The summed E-state index contributed by atoms with van der Waals surface area (Å²) < 4.78 is 0. The van der Waals surface area contributed by atoms with Crippen molar-refractivity contribution < 1.29 is 0 Å². The van der Waals surface area contributed by atoms with Gasteiger partial charge in [0.1, 0.15) is 0 Å². The van der Waals surface area contributed by atoms with Gasteiger partial charge in [0.05, 0.1) is 0 Å². The molecule has 0 aliphatic heterocycles. The van der Waals surface area contributed by atoms with Crippen molar-refractivity contribution in [1.29, 1.82) is 0 Å². The second kappa shape index (κ2) is 4.37. The Morgan fingerprint density at radius 1 is 1.00 bits per heavy atom. The van der Waals surface area contributed by atoms with E-state index in [1.165, 1.54) is 11.3 Å². The summed E-state index contributed by atoms with van der Waals surface area (Å²) in [6.45, 7) is 15.9. The third kappa shape index (κ3) is 4.69. The molecule has 0 aromatic carbocycles. The third-order valence-electron chi connectivity index (χ3n) is 2.22. The summed E-state index contributed by atoms with van der Waals surface area (Å²) >= 11 is 0. The second-order valence-corrected chi connectivity index (χ2v) is 6.39. The van der Waals surface area contributed by atoms with Gasteiger partial charge in [0.15, 0.2) is 0 Å². The molecule has 0 saturated carbocycles. The van der Waals surface area contributed by atoms with Crippen LogP contribution in [-0.2, 0) is 0 Å². The summed E-state index contributed by atoms with van der Waals surface area (Å²) in [7, 11) is 2.02. The van der Waals surface area contributed by atoms with Crippen molar-refractivity contribution in [3.05, 3.63) is 11.3 Å². The fraction of sp³-hybridized carbons (Fsp3) is 0.846. The average Bonchev–Trinajstić information content (AvgIpc) is 1.79. The van der Waals surface area contributed by atoms with Crippen molar-refractivity contribution >= 4 is 0 Å². The molecule has 0 bridgehead atoms. The van der Waals surface area contributed by atoms with Crippen LogP contribution in [0.15, 0.2) is 11.3 Å². The molecule has 0 aromatic rings. The number of rotatable bonds is 2. The highest BCUT2D eigenvalue weighted by molar-refractivity contribution is 5.17. The SMILES string of the molecule is CN/C(=C(/C)CC(C)(C)C)C(C)(C)C. The van der Waals surface area contributed by atoms with E-state index in [9.17, 15) is 0 Å². The van der Waals surface area contributed by atoms with Crippen molar-refractivity contribution in [3.63, 3.8) is 0 Å². The van der Waals surface area contributed by atoms with Crippen LogP contribution in [0.25, 0.3) is 0 Å². The van der Waals surface area contributed by atoms with E-state index in [4.69, 9.17) is 0 Å². The van der Waals surface area contributed by atoms with E-state index in [2.05, 4.69) is 53.8 Å². The fourth-order valence-corrected chi connectivity index (χ4v) is 2.11. The number of hydrogen-bond donors (Lipinski definition) is 1. The Bertz CT molecular complexity index is 210. The van der Waals surface area contributed by atoms with Gasteiger partial charge in [-0.05, 0) is 18.8 Å². The summed E-state index contributed by atoms with van der Waals surface area (Å²) in [5, 5.41) is 3.34. The first-order chi connectivity index (χ1) is 6.08. The van der Waals surface area contributed by atoms with Crippen LogP contribution < -0.4 is 5.32 Å². The summed E-state index contributed by atoms with van der Waals surface area (Å²) in [5.74, 6) is 0. The van der Waals surface area contributed by atoms with Crippen molar-refractivity contribution in [3.8, 4) is 0 Å². The molecular formula is C13H27N. The Labute approximate surface area is 90.0 Å². The maximum Gasteiger partial charge on any atom is 0.0148 e. The van der Waals surface area contributed by atoms with Gasteiger partial charge >= 0.3 is 0 Å². The van der Waals surface area contributed by atoms with E-state index in [0.717, 1.165) is 6.42 Å². The highest BCUT2D eigenvalue weighted by atomic mass is 14.9. The Morgan fingerprint density at radius 2 is 1.43 bits per heavy atom. The fourth-order valence-electron chi connectivity index (χ4n) is 2.11. The monoisotopic (exact) mass is 197 g/mol. The van der Waals surface area contributed by atoms with E-state index >= 15 is 0 Å². The van der Waals surface area contributed by atoms with E-state index < -0.39 is 0 Å². The van der Waals surface area contributed by atoms with E-state index in [1.807, 2.05) is 7.05 Å². The lowest BCUT2D eigenvalue weighted by Crippen LogP contribution is -2.24. The van der Waals surface area contributed by atoms with Crippen LogP contribution in [0, 0.1) is 10.8 Å². The van der Waals surface area contributed by atoms with E-state index in [-0.39, 0.29) is 5.41 Å². The molecule has 14 heavy (non-hydrogen) atoms. The molecule has 0 atom stereocenters. The Morgan fingerprint density at radius 3 is 1.64 bits per heavy atom. The van der Waals surface area contributed by atoms with Gasteiger partial charge in [-0.2, -0.15) is 0 Å². The lowest BCUT2D eigenvalue weighted by molar-refractivity contribution is 0.393. The van der Waals surface area contributed by atoms with Gasteiger partial charge in [-0.1, -0.05) is 47.1 Å². The molecule has 0 aliphatic carbocycles. The summed E-state index contributed by atoms with van der Waals surface area (Å²) in [6.07, 6.45) is 1.15. The minimum atomic E-state index is 0.226. The Balaban J connectivity index is 4.87. The van der Waals surface area contributed by atoms with E-state index in [0.29, 0.717) is 5.41 Å². The first-order valence-electron chi connectivity index (χ1n) is 5.46. The first-order valence-corrected chi connectivity index (χ1v) is 5.46. The van der Waals surface area contributed by atoms with Gasteiger partial charge in [-0.25, -0.2) is 0 Å². The van der Waals surface area contributed by atoms with Gasteiger partial charge in [0.2, 0.25) is 0 Å². The molecule has 1 nitrogen and oxygen atoms in total. The van der Waals surface area contributed by atoms with Gasteiger partial charge < -0.3 is 5.32 Å². The van der Waals surface area contributed by atoms with Crippen molar-refractivity contribution in [2.24, 2.45) is 10.8 Å². The molecule has 84 valence electrons. The molecule has 0 unspecified atom stereocenters. The highest BCUT2D eigenvalue weighted by Gasteiger charge is 2.20. The smallest absolute Gasteiger partial charge is 0.0148 e. The van der Waals surface area contributed by atoms with Crippen LogP contribution in [0.5, 0.6) is 0 Å². The summed E-state index contributed by atoms with van der Waals surface area (Å²) in [6, 6.07) is 0. The zero-order chi connectivity index (χ0) is 11.6. The number of allylic oxidation sites excluding steroid dienone is 2. The van der Waals surface area contributed by atoms with Gasteiger partial charge in [0, 0.05) is 18.2 Å². The first kappa shape index (κ1) is 13.5. The quantitative estimate of drug-likeness (QED) is 0.706. The molecule has 0 aromatic heterocycles. The van der Waals surface area contributed by atoms with Crippen LogP contribution in [0.2, 0.25) is 0 Å². The number of nitrogens with one attached hydrogen (secondary N) is 1. The van der Waals surface area contributed by atoms with Gasteiger partial charge in [0.25, 0.3) is 0 Å². The Kier molecular flexibility index (Phi) is 4.23. The van der Waals surface area contributed by atoms with Gasteiger partial charge in [-0.3, -0.25) is 0 Å². The zero-order valence-electron chi connectivity index (χ0n) is 11.2. The molecule has 0 aliphatic rings. The van der Waals surface area contributed by atoms with Crippen LogP contribution in [0.4, 0.5) is 0 Å². The van der Waals surface area contributed by atoms with Crippen LogP contribution in [0.1, 0.15) is 54.9 Å². The van der Waals surface area contributed by atoms with Crippen molar-refractivity contribution in [1.82, 2.24) is 5.32 Å². The molecule has 0 saturated heterocycles. The second-order valence-electron chi connectivity index (χ2n) is 6.39. The van der Waals surface area contributed by atoms with Crippen molar-refractivity contribution in [2.45, 2.75) is 54.9 Å². The zero-order valence-corrected chi connectivity index (χ0v) is 11.2. The molecular weight excluding hydrogens is 170 g/mol. The molecule has 0 rings (SSSR count). The van der Waals surface area contributed by atoms with Crippen molar-refractivity contribution in [2.75, 3.05) is 7.05 Å². The summed E-state index contributed by atoms with van der Waals surface area (Å²) in [4.78, 5) is 0. The van der Waals surface area contributed by atoms with E-state index in [1.54, 1.807) is 0 Å². The molecule has 0 heterocycles. The lowest BCUT2D eigenvalue weighted by atomic mass is 9.82. The topological polar surface area (TPSA) is 12.0 Å². The van der Waals surface area contributed by atoms with Crippen LogP contribution in [0.3, 0.4) is 0 Å². The largest absolute Gasteiger partial charge is 0.391 e. The minimum absolute atomic E-state index is 0.226. The average molecular weight is 197 g/mol. The maximum atomic E-state index is 3.34. The highest BCUT2D eigenvalue weighted by Crippen LogP contribution is 2.31. The Hall–Kier alpha value is -0.460.